The Bertz CT molecular complexity index is 1230. The summed E-state index contributed by atoms with van der Waals surface area (Å²) in [7, 11) is -3.72. The van der Waals surface area contributed by atoms with Crippen LogP contribution in [0.4, 0.5) is 0 Å². The van der Waals surface area contributed by atoms with E-state index in [1.165, 1.54) is 0 Å². The van der Waals surface area contributed by atoms with Crippen LogP contribution in [0.1, 0.15) is 47.4 Å². The number of aryl methyl sites for hydroxylation is 1. The summed E-state index contributed by atoms with van der Waals surface area (Å²) in [6.07, 6.45) is 1.26. The van der Waals surface area contributed by atoms with Gasteiger partial charge in [0, 0.05) is 40.1 Å². The predicted octanol–water partition coefficient (Wildman–Crippen LogP) is 4.76. The zero-order valence-corrected chi connectivity index (χ0v) is 18.2. The van der Waals surface area contributed by atoms with Crippen LogP contribution < -0.4 is 4.72 Å². The molecule has 4 rings (SSSR count). The highest BCUT2D eigenvalue weighted by Gasteiger charge is 2.34. The molecule has 0 fully saturated rings. The van der Waals surface area contributed by atoms with Crippen LogP contribution in [0.3, 0.4) is 0 Å². The molecule has 0 unspecified atom stereocenters. The fraction of sp³-hybridized carbons (Fsp3) is 0.318. The smallest absolute Gasteiger partial charge is 0.241 e. The van der Waals surface area contributed by atoms with Crippen LogP contribution in [0.5, 0.6) is 0 Å². The molecule has 7 heteroatoms. The number of carbonyl (C=O) groups excluding carboxylic acids is 1. The number of hydrogen-bond acceptors (Lipinski definition) is 3. The minimum absolute atomic E-state index is 0.102. The summed E-state index contributed by atoms with van der Waals surface area (Å²) in [5.41, 5.74) is 3.61. The van der Waals surface area contributed by atoms with E-state index in [0.29, 0.717) is 28.1 Å². The van der Waals surface area contributed by atoms with Crippen molar-refractivity contribution in [2.24, 2.45) is 5.41 Å². The van der Waals surface area contributed by atoms with Crippen molar-refractivity contribution in [1.29, 1.82) is 0 Å². The van der Waals surface area contributed by atoms with E-state index < -0.39 is 10.0 Å². The lowest BCUT2D eigenvalue weighted by molar-refractivity contribution is 0.0913. The number of halogens is 1. The summed E-state index contributed by atoms with van der Waals surface area (Å²) < 4.78 is 28.5. The van der Waals surface area contributed by atoms with Crippen molar-refractivity contribution in [2.45, 2.75) is 45.1 Å². The van der Waals surface area contributed by atoms with Gasteiger partial charge in [-0.15, -0.1) is 0 Å². The number of aromatic nitrogens is 1. The van der Waals surface area contributed by atoms with E-state index >= 15 is 0 Å². The van der Waals surface area contributed by atoms with Gasteiger partial charge in [-0.25, -0.2) is 13.1 Å². The molecule has 0 radical (unpaired) electrons. The number of carbonyl (C=O) groups is 1. The first-order chi connectivity index (χ1) is 13.6. The fourth-order valence-corrected chi connectivity index (χ4v) is 5.44. The number of benzene rings is 2. The Kier molecular flexibility index (Phi) is 4.84. The Morgan fingerprint density at radius 2 is 1.83 bits per heavy atom. The van der Waals surface area contributed by atoms with Gasteiger partial charge in [0.15, 0.2) is 5.78 Å². The molecule has 1 aliphatic carbocycles. The van der Waals surface area contributed by atoms with E-state index in [1.54, 1.807) is 43.3 Å². The Labute approximate surface area is 175 Å². The van der Waals surface area contributed by atoms with Gasteiger partial charge >= 0.3 is 0 Å². The Hall–Kier alpha value is -2.15. The normalized spacial score (nSPS) is 16.2. The third-order valence-corrected chi connectivity index (χ3v) is 7.21. The van der Waals surface area contributed by atoms with E-state index in [1.807, 2.05) is 0 Å². The standard InChI is InChI=1S/C22H23ClN2O3S/c1-13-8-16-17(25-18-10-22(2,3)11-19(26)21(16)18)9-20(13)29(27,28)24-12-14-4-6-15(23)7-5-14/h4-9,24-25H,10-12H2,1-3H3. The van der Waals surface area contributed by atoms with Gasteiger partial charge in [-0.2, -0.15) is 0 Å². The van der Waals surface area contributed by atoms with Crippen LogP contribution in [0.2, 0.25) is 5.02 Å². The number of H-pyrrole nitrogens is 1. The van der Waals surface area contributed by atoms with Crippen molar-refractivity contribution in [2.75, 3.05) is 0 Å². The van der Waals surface area contributed by atoms with Crippen LogP contribution in [0.15, 0.2) is 41.3 Å². The average molecular weight is 431 g/mol. The van der Waals surface area contributed by atoms with Crippen molar-refractivity contribution in [1.82, 2.24) is 9.71 Å². The van der Waals surface area contributed by atoms with Crippen molar-refractivity contribution in [3.63, 3.8) is 0 Å². The highest BCUT2D eigenvalue weighted by atomic mass is 35.5. The topological polar surface area (TPSA) is 79.0 Å². The van der Waals surface area contributed by atoms with Crippen LogP contribution in [0, 0.1) is 12.3 Å². The van der Waals surface area contributed by atoms with E-state index in [0.717, 1.165) is 23.1 Å². The highest BCUT2D eigenvalue weighted by molar-refractivity contribution is 7.89. The minimum atomic E-state index is -3.72. The molecule has 1 aliphatic rings. The van der Waals surface area contributed by atoms with Crippen molar-refractivity contribution < 1.29 is 13.2 Å². The zero-order valence-electron chi connectivity index (χ0n) is 16.6. The molecule has 0 atom stereocenters. The number of rotatable bonds is 4. The highest BCUT2D eigenvalue weighted by Crippen LogP contribution is 2.38. The summed E-state index contributed by atoms with van der Waals surface area (Å²) in [5.74, 6) is 0.110. The van der Waals surface area contributed by atoms with Crippen LogP contribution in [0.25, 0.3) is 10.9 Å². The summed E-state index contributed by atoms with van der Waals surface area (Å²) in [6, 6.07) is 10.5. The number of nitrogens with one attached hydrogen (secondary N) is 2. The molecule has 2 N–H and O–H groups in total. The second kappa shape index (κ2) is 6.97. The molecular formula is C22H23ClN2O3S. The lowest BCUT2D eigenvalue weighted by Gasteiger charge is -2.28. The lowest BCUT2D eigenvalue weighted by atomic mass is 9.76. The van der Waals surface area contributed by atoms with Crippen LogP contribution in [-0.2, 0) is 23.0 Å². The second-order valence-electron chi connectivity index (χ2n) is 8.53. The van der Waals surface area contributed by atoms with Crippen molar-refractivity contribution in [3.05, 3.63) is 63.8 Å². The quantitative estimate of drug-likeness (QED) is 0.626. The monoisotopic (exact) mass is 430 g/mol. The predicted molar refractivity (Wildman–Crippen MR) is 115 cm³/mol. The van der Waals surface area contributed by atoms with Gasteiger partial charge < -0.3 is 4.98 Å². The van der Waals surface area contributed by atoms with Crippen LogP contribution >= 0.6 is 11.6 Å². The maximum atomic E-state index is 12.9. The SMILES string of the molecule is Cc1cc2c3c([nH]c2cc1S(=O)(=O)NCc1ccc(Cl)cc1)CC(C)(C)CC3=O. The van der Waals surface area contributed by atoms with Gasteiger partial charge in [-0.05, 0) is 54.2 Å². The molecule has 0 saturated carbocycles. The maximum absolute atomic E-state index is 12.9. The first kappa shape index (κ1) is 20.1. The number of Topliss-reactive ketones (excluding diaryl/α,β-unsaturated/α-hetero) is 1. The Morgan fingerprint density at radius 1 is 1.14 bits per heavy atom. The van der Waals surface area contributed by atoms with Gasteiger partial charge in [0.1, 0.15) is 0 Å². The van der Waals surface area contributed by atoms with Crippen molar-refractivity contribution in [3.8, 4) is 0 Å². The second-order valence-corrected chi connectivity index (χ2v) is 10.7. The average Bonchev–Trinajstić information content (AvgIpc) is 2.96. The number of hydrogen-bond donors (Lipinski definition) is 2. The summed E-state index contributed by atoms with van der Waals surface area (Å²) in [6.45, 7) is 6.07. The van der Waals surface area contributed by atoms with Crippen LogP contribution in [-0.4, -0.2) is 19.2 Å². The van der Waals surface area contributed by atoms with E-state index in [2.05, 4.69) is 23.6 Å². The third kappa shape index (κ3) is 3.84. The fourth-order valence-electron chi connectivity index (χ4n) is 4.05. The molecule has 5 nitrogen and oxygen atoms in total. The number of sulfonamides is 1. The maximum Gasteiger partial charge on any atom is 0.241 e. The molecule has 2 aromatic carbocycles. The molecule has 29 heavy (non-hydrogen) atoms. The molecule has 3 aromatic rings. The van der Waals surface area contributed by atoms with Gasteiger partial charge in [0.05, 0.1) is 4.90 Å². The number of ketones is 1. The first-order valence-electron chi connectivity index (χ1n) is 9.48. The summed E-state index contributed by atoms with van der Waals surface area (Å²) >= 11 is 5.88. The minimum Gasteiger partial charge on any atom is -0.358 e. The molecule has 152 valence electrons. The zero-order chi connectivity index (χ0) is 21.0. The molecule has 0 aliphatic heterocycles. The van der Waals surface area contributed by atoms with Crippen molar-refractivity contribution >= 4 is 38.3 Å². The van der Waals surface area contributed by atoms with E-state index in [-0.39, 0.29) is 22.6 Å². The summed E-state index contributed by atoms with van der Waals surface area (Å²) in [5, 5.41) is 1.40. The number of aromatic amines is 1. The molecule has 1 aromatic heterocycles. The van der Waals surface area contributed by atoms with Gasteiger partial charge in [0.2, 0.25) is 10.0 Å². The van der Waals surface area contributed by atoms with Gasteiger partial charge in [-0.3, -0.25) is 4.79 Å². The van der Waals surface area contributed by atoms with Gasteiger partial charge in [0.25, 0.3) is 0 Å². The van der Waals surface area contributed by atoms with Gasteiger partial charge in [-0.1, -0.05) is 37.6 Å². The van der Waals surface area contributed by atoms with E-state index in [9.17, 15) is 13.2 Å². The Balaban J connectivity index is 1.70. The largest absolute Gasteiger partial charge is 0.358 e. The van der Waals surface area contributed by atoms with E-state index in [4.69, 9.17) is 11.6 Å². The summed E-state index contributed by atoms with van der Waals surface area (Å²) in [4.78, 5) is 16.2. The lowest BCUT2D eigenvalue weighted by Crippen LogP contribution is -2.26. The Morgan fingerprint density at radius 3 is 2.52 bits per heavy atom. The number of fused-ring (bicyclic) bond motifs is 3. The molecule has 0 saturated heterocycles. The first-order valence-corrected chi connectivity index (χ1v) is 11.3. The molecular weight excluding hydrogens is 408 g/mol. The molecule has 0 bridgehead atoms. The third-order valence-electron chi connectivity index (χ3n) is 5.41. The molecule has 0 spiro atoms. The molecule has 0 amide bonds. The molecule has 1 heterocycles.